The minimum absolute atomic E-state index is 0.00496. The molecule has 0 spiro atoms. The Balaban J connectivity index is 1.82. The highest BCUT2D eigenvalue weighted by atomic mass is 35.5. The predicted molar refractivity (Wildman–Crippen MR) is 96.0 cm³/mol. The molecule has 2 saturated carbocycles. The normalized spacial score (nSPS) is 24.9. The van der Waals surface area contributed by atoms with Crippen LogP contribution in [0.2, 0.25) is 5.02 Å². The van der Waals surface area contributed by atoms with E-state index in [1.54, 1.807) is 0 Å². The van der Waals surface area contributed by atoms with Crippen LogP contribution in [0.25, 0.3) is 0 Å². The van der Waals surface area contributed by atoms with Gasteiger partial charge in [0, 0.05) is 6.04 Å². The molecule has 3 rings (SSSR count). The Morgan fingerprint density at radius 1 is 1.30 bits per heavy atom. The highest BCUT2D eigenvalue weighted by Gasteiger charge is 2.40. The van der Waals surface area contributed by atoms with Crippen LogP contribution in [0.1, 0.15) is 31.2 Å². The molecule has 2 aliphatic rings. The van der Waals surface area contributed by atoms with Crippen molar-refractivity contribution in [2.45, 2.75) is 37.9 Å². The lowest BCUT2D eigenvalue weighted by Crippen LogP contribution is -2.45. The molecule has 2 bridgehead atoms. The van der Waals surface area contributed by atoms with Crippen molar-refractivity contribution in [3.05, 3.63) is 28.8 Å². The van der Waals surface area contributed by atoms with Crippen LogP contribution in [0, 0.1) is 11.8 Å². The molecule has 5 nitrogen and oxygen atoms in total. The summed E-state index contributed by atoms with van der Waals surface area (Å²) >= 11 is 5.95. The summed E-state index contributed by atoms with van der Waals surface area (Å²) in [6.07, 6.45) is 0.263. The number of hydrogen-bond acceptors (Lipinski definition) is 3. The van der Waals surface area contributed by atoms with E-state index >= 15 is 0 Å². The molecule has 150 valence electrons. The van der Waals surface area contributed by atoms with Crippen molar-refractivity contribution in [3.63, 3.8) is 0 Å². The summed E-state index contributed by atoms with van der Waals surface area (Å²) in [6.45, 7) is -0.617. The van der Waals surface area contributed by atoms with Crippen molar-refractivity contribution >= 4 is 33.2 Å². The number of halogens is 4. The number of hydrogen-bond donors (Lipinski definition) is 1. The molecule has 27 heavy (non-hydrogen) atoms. The molecule has 2 aliphatic carbocycles. The van der Waals surface area contributed by atoms with Gasteiger partial charge in [0.15, 0.2) is 0 Å². The molecule has 1 aromatic carbocycles. The molecular formula is C17H20ClF3N2O3S. The molecule has 1 aromatic rings. The minimum atomic E-state index is -4.66. The van der Waals surface area contributed by atoms with E-state index in [9.17, 15) is 26.4 Å². The van der Waals surface area contributed by atoms with Crippen LogP contribution in [-0.4, -0.2) is 33.2 Å². The fraction of sp³-hybridized carbons (Fsp3) is 0.588. The van der Waals surface area contributed by atoms with Crippen LogP contribution in [0.15, 0.2) is 18.2 Å². The van der Waals surface area contributed by atoms with Gasteiger partial charge in [0.2, 0.25) is 15.9 Å². The average molecular weight is 425 g/mol. The van der Waals surface area contributed by atoms with Gasteiger partial charge < -0.3 is 5.32 Å². The molecule has 0 radical (unpaired) electrons. The number of anilines is 1. The molecule has 2 fully saturated rings. The largest absolute Gasteiger partial charge is 0.416 e. The average Bonchev–Trinajstić information content (AvgIpc) is 3.14. The second-order valence-electron chi connectivity index (χ2n) is 7.28. The maximum atomic E-state index is 13.0. The summed E-state index contributed by atoms with van der Waals surface area (Å²) in [6, 6.07) is 2.39. The van der Waals surface area contributed by atoms with Crippen molar-refractivity contribution in [1.29, 1.82) is 0 Å². The third-order valence-corrected chi connectivity index (χ3v) is 6.76. The lowest BCUT2D eigenvalue weighted by Gasteiger charge is -2.27. The zero-order valence-electron chi connectivity index (χ0n) is 14.6. The first-order valence-electron chi connectivity index (χ1n) is 8.59. The molecular weight excluding hydrogens is 405 g/mol. The second kappa shape index (κ2) is 7.16. The van der Waals surface area contributed by atoms with Crippen LogP contribution in [0.3, 0.4) is 0 Å². The molecule has 0 aromatic heterocycles. The Morgan fingerprint density at radius 2 is 2.00 bits per heavy atom. The van der Waals surface area contributed by atoms with Crippen LogP contribution >= 0.6 is 11.6 Å². The van der Waals surface area contributed by atoms with Crippen molar-refractivity contribution in [2.75, 3.05) is 17.1 Å². The van der Waals surface area contributed by atoms with Crippen molar-refractivity contribution in [2.24, 2.45) is 11.8 Å². The molecule has 1 N–H and O–H groups in total. The van der Waals surface area contributed by atoms with Crippen molar-refractivity contribution in [1.82, 2.24) is 5.32 Å². The Bertz CT molecular complexity index is 844. The Kier molecular flexibility index (Phi) is 5.37. The third kappa shape index (κ3) is 4.51. The summed E-state index contributed by atoms with van der Waals surface area (Å²) < 4.78 is 63.9. The first-order chi connectivity index (χ1) is 12.4. The molecule has 10 heteroatoms. The van der Waals surface area contributed by atoms with Crippen molar-refractivity contribution < 1.29 is 26.4 Å². The summed E-state index contributed by atoms with van der Waals surface area (Å²) in [5.41, 5.74) is -1.40. The number of nitrogens with one attached hydrogen (secondary N) is 1. The molecule has 0 saturated heterocycles. The van der Waals surface area contributed by atoms with E-state index in [-0.39, 0.29) is 16.8 Å². The quantitative estimate of drug-likeness (QED) is 0.787. The number of sulfonamides is 1. The van der Waals surface area contributed by atoms with Gasteiger partial charge in [-0.25, -0.2) is 8.42 Å². The van der Waals surface area contributed by atoms with E-state index in [4.69, 9.17) is 11.6 Å². The van der Waals surface area contributed by atoms with Crippen LogP contribution in [-0.2, 0) is 21.0 Å². The second-order valence-corrected chi connectivity index (χ2v) is 9.60. The van der Waals surface area contributed by atoms with Gasteiger partial charge in [-0.3, -0.25) is 9.10 Å². The monoisotopic (exact) mass is 424 g/mol. The van der Waals surface area contributed by atoms with Gasteiger partial charge in [-0.2, -0.15) is 13.2 Å². The smallest absolute Gasteiger partial charge is 0.352 e. The van der Waals surface area contributed by atoms with E-state index in [1.807, 2.05) is 0 Å². The fourth-order valence-electron chi connectivity index (χ4n) is 4.07. The van der Waals surface area contributed by atoms with E-state index in [0.29, 0.717) is 22.2 Å². The van der Waals surface area contributed by atoms with Gasteiger partial charge in [0.05, 0.1) is 22.5 Å². The fourth-order valence-corrected chi connectivity index (χ4v) is 5.20. The summed E-state index contributed by atoms with van der Waals surface area (Å²) in [5, 5.41) is 2.66. The minimum Gasteiger partial charge on any atom is -0.352 e. The summed E-state index contributed by atoms with van der Waals surface area (Å²) in [5.74, 6) is 0.429. The maximum Gasteiger partial charge on any atom is 0.416 e. The van der Waals surface area contributed by atoms with E-state index in [0.717, 1.165) is 44.1 Å². The number of alkyl halides is 3. The zero-order valence-corrected chi connectivity index (χ0v) is 16.2. The van der Waals surface area contributed by atoms with Gasteiger partial charge in [-0.1, -0.05) is 18.0 Å². The number of benzene rings is 1. The first kappa shape index (κ1) is 20.3. The summed E-state index contributed by atoms with van der Waals surface area (Å²) in [4.78, 5) is 12.4. The van der Waals surface area contributed by atoms with E-state index in [1.165, 1.54) is 0 Å². The SMILES string of the molecule is CS(=O)(=O)N(CC(=O)NC1CC2CCC1C2)c1cc(C(F)(F)F)ccc1Cl. The highest BCUT2D eigenvalue weighted by Crippen LogP contribution is 2.44. The number of fused-ring (bicyclic) bond motifs is 2. The Morgan fingerprint density at radius 3 is 2.52 bits per heavy atom. The lowest BCUT2D eigenvalue weighted by atomic mass is 9.95. The standard InChI is InChI=1S/C17H20ClF3N2O3S/c1-27(25,26)23(15-8-12(17(19,20)21)4-5-13(15)18)9-16(24)22-14-7-10-2-3-11(14)6-10/h4-5,8,10-11,14H,2-3,6-7,9H2,1H3,(H,22,24). The zero-order chi connectivity index (χ0) is 20.0. The van der Waals surface area contributed by atoms with Gasteiger partial charge in [-0.15, -0.1) is 0 Å². The van der Waals surface area contributed by atoms with Crippen LogP contribution in [0.5, 0.6) is 0 Å². The number of amides is 1. The molecule has 3 unspecified atom stereocenters. The van der Waals surface area contributed by atoms with E-state index in [2.05, 4.69) is 5.32 Å². The Labute approximate surface area is 160 Å². The number of rotatable bonds is 5. The van der Waals surface area contributed by atoms with Gasteiger partial charge >= 0.3 is 6.18 Å². The highest BCUT2D eigenvalue weighted by molar-refractivity contribution is 7.92. The number of carbonyl (C=O) groups is 1. The van der Waals surface area contributed by atoms with Crippen LogP contribution in [0.4, 0.5) is 18.9 Å². The van der Waals surface area contributed by atoms with Gasteiger partial charge in [0.25, 0.3) is 0 Å². The molecule has 0 heterocycles. The van der Waals surface area contributed by atoms with E-state index < -0.39 is 34.2 Å². The molecule has 3 atom stereocenters. The third-order valence-electron chi connectivity index (χ3n) is 5.31. The van der Waals surface area contributed by atoms with Gasteiger partial charge in [0.1, 0.15) is 6.54 Å². The predicted octanol–water partition coefficient (Wildman–Crippen LogP) is 3.43. The van der Waals surface area contributed by atoms with Gasteiger partial charge in [-0.05, 0) is 49.3 Å². The van der Waals surface area contributed by atoms with Crippen LogP contribution < -0.4 is 9.62 Å². The maximum absolute atomic E-state index is 13.0. The summed E-state index contributed by atoms with van der Waals surface area (Å²) in [7, 11) is -4.02. The first-order valence-corrected chi connectivity index (χ1v) is 10.8. The Hall–Kier alpha value is -1.48. The molecule has 0 aliphatic heterocycles. The topological polar surface area (TPSA) is 66.5 Å². The number of nitrogens with zero attached hydrogens (tertiary/aromatic N) is 1. The number of carbonyl (C=O) groups excluding carboxylic acids is 1. The van der Waals surface area contributed by atoms with Crippen molar-refractivity contribution in [3.8, 4) is 0 Å². The molecule has 1 amide bonds. The lowest BCUT2D eigenvalue weighted by molar-refractivity contribution is -0.137.